The van der Waals surface area contributed by atoms with Gasteiger partial charge in [-0.2, -0.15) is 0 Å². The lowest BCUT2D eigenvalue weighted by atomic mass is 10.1. The van der Waals surface area contributed by atoms with Crippen LogP contribution in [-0.4, -0.2) is 28.6 Å². The summed E-state index contributed by atoms with van der Waals surface area (Å²) in [4.78, 5) is 20.1. The first-order valence-corrected chi connectivity index (χ1v) is 14.3. The molecule has 1 atom stereocenters. The third-order valence-electron chi connectivity index (χ3n) is 7.61. The lowest BCUT2D eigenvalue weighted by Crippen LogP contribution is -2.24. The fourth-order valence-electron chi connectivity index (χ4n) is 5.52. The van der Waals surface area contributed by atoms with Crippen LogP contribution in [0.1, 0.15) is 61.9 Å². The number of benzene rings is 3. The van der Waals surface area contributed by atoms with Gasteiger partial charge in [0.25, 0.3) is 0 Å². The molecule has 0 spiro atoms. The Morgan fingerprint density at radius 2 is 1.79 bits per heavy atom. The quantitative estimate of drug-likeness (QED) is 0.135. The van der Waals surface area contributed by atoms with Crippen molar-refractivity contribution in [2.45, 2.75) is 64.3 Å². The van der Waals surface area contributed by atoms with Gasteiger partial charge in [-0.25, -0.2) is 4.98 Å². The fraction of sp³-hybridized carbons (Fsp3) is 0.353. The number of nitrogens with zero attached hydrogens (tertiary/aromatic N) is 3. The Morgan fingerprint density at radius 3 is 2.62 bits per heavy atom. The van der Waals surface area contributed by atoms with Crippen molar-refractivity contribution in [1.29, 1.82) is 0 Å². The summed E-state index contributed by atoms with van der Waals surface area (Å²) in [5.74, 6) is 2.20. The minimum absolute atomic E-state index is 0.0756. The van der Waals surface area contributed by atoms with Crippen molar-refractivity contribution in [2.24, 2.45) is 0 Å². The zero-order valence-electron chi connectivity index (χ0n) is 23.0. The average Bonchev–Trinajstić information content (AvgIpc) is 3.53. The number of carbonyl (C=O) groups is 1. The largest absolute Gasteiger partial charge is 0.493 e. The molecule has 0 aliphatic carbocycles. The molecule has 1 fully saturated rings. The van der Waals surface area contributed by atoms with Gasteiger partial charge in [0.2, 0.25) is 5.91 Å². The van der Waals surface area contributed by atoms with Gasteiger partial charge in [0.05, 0.1) is 17.6 Å². The molecule has 202 valence electrons. The van der Waals surface area contributed by atoms with Crippen molar-refractivity contribution < 1.29 is 9.53 Å². The summed E-state index contributed by atoms with van der Waals surface area (Å²) in [5, 5.41) is 0. The molecule has 0 N–H and O–H groups in total. The van der Waals surface area contributed by atoms with E-state index in [1.54, 1.807) is 0 Å². The lowest BCUT2D eigenvalue weighted by molar-refractivity contribution is -0.117. The highest BCUT2D eigenvalue weighted by molar-refractivity contribution is 5.96. The molecule has 1 aliphatic heterocycles. The topological polar surface area (TPSA) is 47.4 Å². The molecule has 5 rings (SSSR count). The van der Waals surface area contributed by atoms with E-state index in [-0.39, 0.29) is 11.8 Å². The summed E-state index contributed by atoms with van der Waals surface area (Å²) in [6.45, 7) is 8.25. The third kappa shape index (κ3) is 6.25. The summed E-state index contributed by atoms with van der Waals surface area (Å²) < 4.78 is 8.44. The maximum absolute atomic E-state index is 13.1. The predicted molar refractivity (Wildman–Crippen MR) is 160 cm³/mol. The van der Waals surface area contributed by atoms with Crippen molar-refractivity contribution in [2.75, 3.05) is 18.1 Å². The number of carbonyl (C=O) groups excluding carboxylic acids is 1. The van der Waals surface area contributed by atoms with Gasteiger partial charge in [-0.15, -0.1) is 6.58 Å². The third-order valence-corrected chi connectivity index (χ3v) is 7.61. The van der Waals surface area contributed by atoms with Gasteiger partial charge >= 0.3 is 0 Å². The molecule has 1 unspecified atom stereocenters. The van der Waals surface area contributed by atoms with Gasteiger partial charge < -0.3 is 14.2 Å². The first-order chi connectivity index (χ1) is 19.2. The molecule has 1 saturated heterocycles. The van der Waals surface area contributed by atoms with Crippen molar-refractivity contribution in [3.8, 4) is 5.75 Å². The first kappa shape index (κ1) is 26.7. The van der Waals surface area contributed by atoms with Crippen molar-refractivity contribution >= 4 is 22.6 Å². The molecule has 0 saturated carbocycles. The van der Waals surface area contributed by atoms with Crippen molar-refractivity contribution in [3.05, 3.63) is 102 Å². The van der Waals surface area contributed by atoms with E-state index in [0.717, 1.165) is 60.5 Å². The maximum atomic E-state index is 13.1. The number of aromatic nitrogens is 2. The Morgan fingerprint density at radius 1 is 1.00 bits per heavy atom. The SMILES string of the molecule is C=CCc1ccccc1OCCCCn1c(C2CC(=O)N(c3ccc(CCCC)cc3)C2)nc2ccccc21. The molecule has 2 heterocycles. The lowest BCUT2D eigenvalue weighted by Gasteiger charge is -2.18. The number of imidazole rings is 1. The minimum Gasteiger partial charge on any atom is -0.493 e. The summed E-state index contributed by atoms with van der Waals surface area (Å²) in [6, 6.07) is 25.0. The molecule has 1 amide bonds. The molecular formula is C34H39N3O2. The minimum atomic E-state index is 0.0756. The van der Waals surface area contributed by atoms with Crippen LogP contribution in [-0.2, 0) is 24.2 Å². The Kier molecular flexibility index (Phi) is 8.77. The molecule has 1 aromatic heterocycles. The van der Waals surface area contributed by atoms with Gasteiger partial charge in [0, 0.05) is 31.1 Å². The highest BCUT2D eigenvalue weighted by atomic mass is 16.5. The number of anilines is 1. The maximum Gasteiger partial charge on any atom is 0.227 e. The molecule has 5 heteroatoms. The van der Waals surface area contributed by atoms with Crippen LogP contribution < -0.4 is 9.64 Å². The Balaban J connectivity index is 1.25. The standard InChI is InChI=1S/C34H39N3O2/c1-3-5-13-26-18-20-29(21-19-26)37-25-28(24-33(37)38)34-35-30-15-7-8-16-31(30)36(34)22-10-11-23-39-32-17-9-6-14-27(32)12-4-2/h4,6-9,14-21,28H,2-3,5,10-13,22-25H2,1H3. The highest BCUT2D eigenvalue weighted by Crippen LogP contribution is 2.33. The molecule has 39 heavy (non-hydrogen) atoms. The summed E-state index contributed by atoms with van der Waals surface area (Å²) in [7, 11) is 0. The Hall–Kier alpha value is -3.86. The summed E-state index contributed by atoms with van der Waals surface area (Å²) in [6.07, 6.45) is 8.58. The smallest absolute Gasteiger partial charge is 0.227 e. The van der Waals surface area contributed by atoms with Crippen LogP contribution in [0.3, 0.4) is 0 Å². The second-order valence-corrected chi connectivity index (χ2v) is 10.4. The molecule has 5 nitrogen and oxygen atoms in total. The van der Waals surface area contributed by atoms with E-state index in [9.17, 15) is 4.79 Å². The van der Waals surface area contributed by atoms with Gasteiger partial charge in [0.1, 0.15) is 11.6 Å². The number of ether oxygens (including phenoxy) is 1. The second kappa shape index (κ2) is 12.8. The number of amides is 1. The van der Waals surface area contributed by atoms with E-state index in [0.29, 0.717) is 19.6 Å². The van der Waals surface area contributed by atoms with Crippen molar-refractivity contribution in [1.82, 2.24) is 9.55 Å². The number of rotatable bonds is 13. The number of hydrogen-bond donors (Lipinski definition) is 0. The number of para-hydroxylation sites is 3. The van der Waals surface area contributed by atoms with E-state index < -0.39 is 0 Å². The molecule has 3 aromatic carbocycles. The van der Waals surface area contributed by atoms with Crippen LogP contribution in [0.2, 0.25) is 0 Å². The zero-order chi connectivity index (χ0) is 27.0. The highest BCUT2D eigenvalue weighted by Gasteiger charge is 2.34. The predicted octanol–water partition coefficient (Wildman–Crippen LogP) is 7.49. The number of hydrogen-bond acceptors (Lipinski definition) is 3. The second-order valence-electron chi connectivity index (χ2n) is 10.4. The Labute approximate surface area is 232 Å². The molecule has 0 radical (unpaired) electrons. The van der Waals surface area contributed by atoms with E-state index in [1.165, 1.54) is 24.0 Å². The van der Waals surface area contributed by atoms with E-state index >= 15 is 0 Å². The number of allylic oxidation sites excluding steroid dienone is 1. The fourth-order valence-corrected chi connectivity index (χ4v) is 5.52. The normalized spacial score (nSPS) is 15.3. The van der Waals surface area contributed by atoms with Gasteiger partial charge in [0.15, 0.2) is 0 Å². The van der Waals surface area contributed by atoms with Gasteiger partial charge in [-0.1, -0.05) is 61.9 Å². The van der Waals surface area contributed by atoms with E-state index in [4.69, 9.17) is 9.72 Å². The summed E-state index contributed by atoms with van der Waals surface area (Å²) in [5.41, 5.74) is 5.61. The Bertz CT molecular complexity index is 1410. The van der Waals surface area contributed by atoms with Crippen LogP contribution in [0, 0.1) is 0 Å². The van der Waals surface area contributed by atoms with E-state index in [1.807, 2.05) is 35.2 Å². The first-order valence-electron chi connectivity index (χ1n) is 14.3. The average molecular weight is 522 g/mol. The van der Waals surface area contributed by atoms with Crippen LogP contribution in [0.25, 0.3) is 11.0 Å². The molecule has 4 aromatic rings. The number of fused-ring (bicyclic) bond motifs is 1. The molecule has 0 bridgehead atoms. The van der Waals surface area contributed by atoms with Crippen LogP contribution >= 0.6 is 0 Å². The monoisotopic (exact) mass is 521 g/mol. The van der Waals surface area contributed by atoms with Crippen LogP contribution in [0.5, 0.6) is 5.75 Å². The van der Waals surface area contributed by atoms with Crippen LogP contribution in [0.15, 0.2) is 85.5 Å². The van der Waals surface area contributed by atoms with Crippen molar-refractivity contribution in [3.63, 3.8) is 0 Å². The van der Waals surface area contributed by atoms with Gasteiger partial charge in [-0.3, -0.25) is 4.79 Å². The number of aryl methyl sites for hydroxylation is 2. The number of unbranched alkanes of at least 4 members (excludes halogenated alkanes) is 2. The molecular weight excluding hydrogens is 482 g/mol. The van der Waals surface area contributed by atoms with Crippen LogP contribution in [0.4, 0.5) is 5.69 Å². The van der Waals surface area contributed by atoms with Gasteiger partial charge in [-0.05, 0) is 73.6 Å². The van der Waals surface area contributed by atoms with E-state index in [2.05, 4.69) is 66.6 Å². The molecule has 1 aliphatic rings. The zero-order valence-corrected chi connectivity index (χ0v) is 23.0. The summed E-state index contributed by atoms with van der Waals surface area (Å²) >= 11 is 0.